The fourth-order valence-electron chi connectivity index (χ4n) is 3.73. The van der Waals surface area contributed by atoms with E-state index in [4.69, 9.17) is 4.74 Å². The molecule has 0 fully saturated rings. The number of benzene rings is 3. The summed E-state index contributed by atoms with van der Waals surface area (Å²) in [6.07, 6.45) is -2.84. The largest absolute Gasteiger partial charge is 0.573 e. The maximum atomic E-state index is 12.5. The quantitative estimate of drug-likeness (QED) is 0.251. The Balaban J connectivity index is 1.33. The van der Waals surface area contributed by atoms with Gasteiger partial charge in [0, 0.05) is 46.3 Å². The number of anilines is 1. The molecule has 0 spiro atoms. The smallest absolute Gasteiger partial charge is 0.497 e. The van der Waals surface area contributed by atoms with E-state index in [1.54, 1.807) is 31.4 Å². The van der Waals surface area contributed by atoms with Crippen molar-refractivity contribution in [1.82, 2.24) is 9.88 Å². The third-order valence-electron chi connectivity index (χ3n) is 5.47. The molecule has 0 aliphatic heterocycles. The number of halogens is 3. The predicted molar refractivity (Wildman–Crippen MR) is 140 cm³/mol. The molecule has 4 rings (SSSR count). The van der Waals surface area contributed by atoms with Crippen LogP contribution in [-0.2, 0) is 11.3 Å². The van der Waals surface area contributed by atoms with Gasteiger partial charge in [-0.1, -0.05) is 18.2 Å². The van der Waals surface area contributed by atoms with Crippen LogP contribution in [0.1, 0.15) is 10.4 Å². The highest BCUT2D eigenvalue weighted by atomic mass is 32.2. The number of alkyl halides is 3. The van der Waals surface area contributed by atoms with Gasteiger partial charge in [-0.25, -0.2) is 0 Å². The number of hydrogen-bond donors (Lipinski definition) is 2. The standard InChI is InChI=1S/C27H24F3N3O4S/c1-36-20-10-6-18(7-11-20)26(35)31-14-15-33-16-24(22-4-2-3-5-23(22)33)38-17-25(34)32-19-8-12-21(13-9-19)37-27(28,29)30/h2-13,16H,14-15,17H2,1H3,(H,31,35)(H,32,34). The molecule has 1 aromatic heterocycles. The monoisotopic (exact) mass is 543 g/mol. The van der Waals surface area contributed by atoms with Crippen molar-refractivity contribution in [2.45, 2.75) is 17.8 Å². The number of amides is 2. The minimum Gasteiger partial charge on any atom is -0.497 e. The van der Waals surface area contributed by atoms with Gasteiger partial charge < -0.3 is 24.7 Å². The van der Waals surface area contributed by atoms with Gasteiger partial charge in [-0.2, -0.15) is 0 Å². The van der Waals surface area contributed by atoms with Crippen molar-refractivity contribution in [2.75, 3.05) is 24.7 Å². The lowest BCUT2D eigenvalue weighted by Crippen LogP contribution is -2.27. The molecule has 0 aliphatic carbocycles. The SMILES string of the molecule is COc1ccc(C(=O)NCCn2cc(SCC(=O)Nc3ccc(OC(F)(F)F)cc3)c3ccccc32)cc1. The van der Waals surface area contributed by atoms with E-state index in [9.17, 15) is 22.8 Å². The summed E-state index contributed by atoms with van der Waals surface area (Å²) in [4.78, 5) is 25.8. The lowest BCUT2D eigenvalue weighted by atomic mass is 10.2. The molecule has 4 aromatic rings. The van der Waals surface area contributed by atoms with E-state index in [0.29, 0.717) is 30.1 Å². The van der Waals surface area contributed by atoms with E-state index >= 15 is 0 Å². The molecule has 2 N–H and O–H groups in total. The van der Waals surface area contributed by atoms with Gasteiger partial charge in [-0.05, 0) is 54.6 Å². The number of methoxy groups -OCH3 is 1. The number of aromatic nitrogens is 1. The second-order valence-corrected chi connectivity index (χ2v) is 9.11. The normalized spacial score (nSPS) is 11.3. The van der Waals surface area contributed by atoms with Crippen molar-refractivity contribution < 1.29 is 32.2 Å². The van der Waals surface area contributed by atoms with Crippen LogP contribution in [0.4, 0.5) is 18.9 Å². The molecule has 0 aliphatic rings. The first-order valence-corrected chi connectivity index (χ1v) is 12.5. The zero-order valence-electron chi connectivity index (χ0n) is 20.2. The number of carbonyl (C=O) groups is 2. The first-order chi connectivity index (χ1) is 18.2. The number of nitrogens with one attached hydrogen (secondary N) is 2. The van der Waals surface area contributed by atoms with Crippen LogP contribution in [0.5, 0.6) is 11.5 Å². The molecule has 2 amide bonds. The molecule has 0 radical (unpaired) electrons. The zero-order chi connectivity index (χ0) is 27.1. The minimum atomic E-state index is -4.78. The zero-order valence-corrected chi connectivity index (χ0v) is 21.1. The van der Waals surface area contributed by atoms with Crippen molar-refractivity contribution in [3.8, 4) is 11.5 Å². The second-order valence-electron chi connectivity index (χ2n) is 8.10. The van der Waals surface area contributed by atoms with Crippen molar-refractivity contribution in [1.29, 1.82) is 0 Å². The molecule has 0 saturated carbocycles. The topological polar surface area (TPSA) is 81.6 Å². The predicted octanol–water partition coefficient (Wildman–Crippen LogP) is 5.71. The maximum absolute atomic E-state index is 12.5. The molecule has 0 unspecified atom stereocenters. The van der Waals surface area contributed by atoms with Gasteiger partial charge in [0.25, 0.3) is 5.91 Å². The Hall–Kier alpha value is -4.12. The summed E-state index contributed by atoms with van der Waals surface area (Å²) >= 11 is 1.34. The van der Waals surface area contributed by atoms with Gasteiger partial charge in [0.05, 0.1) is 12.9 Å². The number of para-hydroxylation sites is 1. The molecular weight excluding hydrogens is 519 g/mol. The van der Waals surface area contributed by atoms with Crippen LogP contribution in [0.2, 0.25) is 0 Å². The third-order valence-corrected chi connectivity index (χ3v) is 6.52. The molecule has 0 bridgehead atoms. The molecule has 38 heavy (non-hydrogen) atoms. The van der Waals surface area contributed by atoms with Gasteiger partial charge in [-0.15, -0.1) is 24.9 Å². The molecule has 7 nitrogen and oxygen atoms in total. The summed E-state index contributed by atoms with van der Waals surface area (Å²) < 4.78 is 47.9. The van der Waals surface area contributed by atoms with E-state index in [1.165, 1.54) is 23.9 Å². The van der Waals surface area contributed by atoms with Crippen molar-refractivity contribution >= 4 is 40.2 Å². The first-order valence-electron chi connectivity index (χ1n) is 11.5. The van der Waals surface area contributed by atoms with Crippen LogP contribution in [-0.4, -0.2) is 42.2 Å². The Labute approximate surface area is 220 Å². The second kappa shape index (κ2) is 12.0. The summed E-state index contributed by atoms with van der Waals surface area (Å²) in [6, 6.07) is 19.6. The van der Waals surface area contributed by atoms with Crippen LogP contribution in [0.15, 0.2) is 83.9 Å². The van der Waals surface area contributed by atoms with E-state index < -0.39 is 6.36 Å². The van der Waals surface area contributed by atoms with Crippen molar-refractivity contribution in [3.05, 3.63) is 84.6 Å². The Morgan fingerprint density at radius 3 is 2.32 bits per heavy atom. The highest BCUT2D eigenvalue weighted by Gasteiger charge is 2.31. The van der Waals surface area contributed by atoms with Gasteiger partial charge in [0.15, 0.2) is 0 Å². The lowest BCUT2D eigenvalue weighted by Gasteiger charge is -2.10. The summed E-state index contributed by atoms with van der Waals surface area (Å²) in [5, 5.41) is 6.55. The molecular formula is C27H24F3N3O4S. The Bertz CT molecular complexity index is 1400. The molecule has 11 heteroatoms. The van der Waals surface area contributed by atoms with Crippen LogP contribution in [0.3, 0.4) is 0 Å². The van der Waals surface area contributed by atoms with Crippen LogP contribution < -0.4 is 20.1 Å². The number of carbonyl (C=O) groups excluding carboxylic acids is 2. The van der Waals surface area contributed by atoms with Crippen LogP contribution in [0.25, 0.3) is 10.9 Å². The first kappa shape index (κ1) is 26.9. The maximum Gasteiger partial charge on any atom is 0.573 e. The van der Waals surface area contributed by atoms with Crippen LogP contribution in [0, 0.1) is 0 Å². The average Bonchev–Trinajstić information content (AvgIpc) is 3.25. The fraction of sp³-hybridized carbons (Fsp3) is 0.185. The van der Waals surface area contributed by atoms with Gasteiger partial charge in [-0.3, -0.25) is 9.59 Å². The summed E-state index contributed by atoms with van der Waals surface area (Å²) in [7, 11) is 1.56. The highest BCUT2D eigenvalue weighted by molar-refractivity contribution is 8.00. The van der Waals surface area contributed by atoms with E-state index in [2.05, 4.69) is 15.4 Å². The third kappa shape index (κ3) is 7.22. The van der Waals surface area contributed by atoms with Crippen LogP contribution >= 0.6 is 11.8 Å². The molecule has 0 saturated heterocycles. The molecule has 1 heterocycles. The van der Waals surface area contributed by atoms with Gasteiger partial charge in [0.2, 0.25) is 5.91 Å². The number of ether oxygens (including phenoxy) is 2. The number of hydrogen-bond acceptors (Lipinski definition) is 5. The lowest BCUT2D eigenvalue weighted by molar-refractivity contribution is -0.274. The highest BCUT2D eigenvalue weighted by Crippen LogP contribution is 2.30. The number of nitrogens with zero attached hydrogens (tertiary/aromatic N) is 1. The Morgan fingerprint density at radius 1 is 0.947 bits per heavy atom. The van der Waals surface area contributed by atoms with Gasteiger partial charge in [0.1, 0.15) is 11.5 Å². The van der Waals surface area contributed by atoms with E-state index in [0.717, 1.165) is 27.9 Å². The number of fused-ring (bicyclic) bond motifs is 1. The van der Waals surface area contributed by atoms with Crippen molar-refractivity contribution in [2.24, 2.45) is 0 Å². The Morgan fingerprint density at radius 2 is 1.63 bits per heavy atom. The average molecular weight is 544 g/mol. The summed E-state index contributed by atoms with van der Waals surface area (Å²) in [5.74, 6) is -0.0786. The van der Waals surface area contributed by atoms with Crippen molar-refractivity contribution in [3.63, 3.8) is 0 Å². The molecule has 3 aromatic carbocycles. The summed E-state index contributed by atoms with van der Waals surface area (Å²) in [5.41, 5.74) is 1.86. The number of thioether (sulfide) groups is 1. The minimum absolute atomic E-state index is 0.100. The molecule has 0 atom stereocenters. The van der Waals surface area contributed by atoms with E-state index in [-0.39, 0.29) is 23.3 Å². The summed E-state index contributed by atoms with van der Waals surface area (Å²) in [6.45, 7) is 0.934. The Kier molecular flexibility index (Phi) is 8.47. The van der Waals surface area contributed by atoms with Gasteiger partial charge >= 0.3 is 6.36 Å². The van der Waals surface area contributed by atoms with E-state index in [1.807, 2.05) is 35.0 Å². The number of rotatable bonds is 10. The fourth-order valence-corrected chi connectivity index (χ4v) is 4.62. The molecule has 198 valence electrons.